The van der Waals surface area contributed by atoms with E-state index in [9.17, 15) is 27.3 Å². The molecule has 3 aromatic rings. The molecule has 29 heavy (non-hydrogen) atoms. The Labute approximate surface area is 165 Å². The van der Waals surface area contributed by atoms with Gasteiger partial charge in [-0.15, -0.1) is 0 Å². The maximum atomic E-state index is 13.2. The van der Waals surface area contributed by atoms with Gasteiger partial charge in [0.15, 0.2) is 0 Å². The molecule has 0 aliphatic heterocycles. The molecule has 0 fully saturated rings. The Morgan fingerprint density at radius 2 is 1.52 bits per heavy atom. The lowest BCUT2D eigenvalue weighted by Gasteiger charge is -2.19. The van der Waals surface area contributed by atoms with Crippen molar-refractivity contribution in [1.29, 1.82) is 0 Å². The minimum absolute atomic E-state index is 0.0799. The van der Waals surface area contributed by atoms with Crippen LogP contribution in [0.1, 0.15) is 0 Å². The van der Waals surface area contributed by atoms with Crippen LogP contribution >= 0.6 is 0 Å². The molecular formula is C19H14F2N2O5S. The van der Waals surface area contributed by atoms with Crippen molar-refractivity contribution in [2.24, 2.45) is 0 Å². The molecule has 7 nitrogen and oxygen atoms in total. The topological polar surface area (TPSA) is 89.8 Å². The van der Waals surface area contributed by atoms with Crippen molar-refractivity contribution in [3.05, 3.63) is 88.5 Å². The second-order valence-electron chi connectivity index (χ2n) is 5.89. The van der Waals surface area contributed by atoms with E-state index >= 15 is 0 Å². The molecule has 3 rings (SSSR count). The first-order chi connectivity index (χ1) is 13.7. The van der Waals surface area contributed by atoms with Gasteiger partial charge in [-0.25, -0.2) is 17.2 Å². The highest BCUT2D eigenvalue weighted by atomic mass is 32.2. The number of anilines is 1. The molecule has 0 atom stereocenters. The lowest BCUT2D eigenvalue weighted by atomic mass is 10.2. The molecule has 0 heterocycles. The number of nitrogens with zero attached hydrogens (tertiary/aromatic N) is 2. The molecule has 150 valence electrons. The Morgan fingerprint density at radius 3 is 2.10 bits per heavy atom. The van der Waals surface area contributed by atoms with E-state index in [-0.39, 0.29) is 22.1 Å². The Balaban J connectivity index is 1.83. The summed E-state index contributed by atoms with van der Waals surface area (Å²) in [5.74, 6) is -1.29. The number of nitro groups is 1. The minimum Gasteiger partial charge on any atom is -0.450 e. The summed E-state index contributed by atoms with van der Waals surface area (Å²) < 4.78 is 58.0. The fourth-order valence-corrected chi connectivity index (χ4v) is 3.67. The third-order valence-corrected chi connectivity index (χ3v) is 5.82. The molecule has 0 spiro atoms. The third kappa shape index (κ3) is 4.32. The summed E-state index contributed by atoms with van der Waals surface area (Å²) in [5.41, 5.74) is -0.250. The average molecular weight is 420 g/mol. The number of sulfonamides is 1. The average Bonchev–Trinajstić information content (AvgIpc) is 2.69. The molecule has 0 radical (unpaired) electrons. The number of nitro benzene ring substituents is 1. The minimum atomic E-state index is -3.91. The fraction of sp³-hybridized carbons (Fsp3) is 0.0526. The van der Waals surface area contributed by atoms with Gasteiger partial charge < -0.3 is 4.74 Å². The van der Waals surface area contributed by atoms with Crippen LogP contribution in [0.3, 0.4) is 0 Å². The van der Waals surface area contributed by atoms with Crippen LogP contribution in [0.4, 0.5) is 20.2 Å². The van der Waals surface area contributed by atoms with E-state index in [0.717, 1.165) is 46.8 Å². The molecule has 0 aromatic heterocycles. The third-order valence-electron chi connectivity index (χ3n) is 4.02. The van der Waals surface area contributed by atoms with Crippen molar-refractivity contribution >= 4 is 21.4 Å². The lowest BCUT2D eigenvalue weighted by molar-refractivity contribution is -0.385. The van der Waals surface area contributed by atoms with Crippen LogP contribution in [-0.2, 0) is 10.0 Å². The molecule has 0 saturated carbocycles. The quantitative estimate of drug-likeness (QED) is 0.433. The zero-order valence-corrected chi connectivity index (χ0v) is 15.8. The van der Waals surface area contributed by atoms with Crippen LogP contribution in [0.25, 0.3) is 0 Å². The zero-order chi connectivity index (χ0) is 21.2. The maximum absolute atomic E-state index is 13.2. The molecule has 0 aliphatic carbocycles. The molecule has 0 N–H and O–H groups in total. The zero-order valence-electron chi connectivity index (χ0n) is 15.0. The van der Waals surface area contributed by atoms with Crippen LogP contribution in [-0.4, -0.2) is 20.4 Å². The molecule has 0 aliphatic rings. The van der Waals surface area contributed by atoms with Gasteiger partial charge in [0.2, 0.25) is 5.75 Å². The second-order valence-corrected chi connectivity index (χ2v) is 7.86. The van der Waals surface area contributed by atoms with Crippen molar-refractivity contribution in [3.8, 4) is 11.5 Å². The van der Waals surface area contributed by atoms with Crippen molar-refractivity contribution in [1.82, 2.24) is 0 Å². The summed E-state index contributed by atoms with van der Waals surface area (Å²) in [6.45, 7) is 0. The largest absolute Gasteiger partial charge is 0.450 e. The Bertz CT molecular complexity index is 1150. The predicted molar refractivity (Wildman–Crippen MR) is 102 cm³/mol. The van der Waals surface area contributed by atoms with E-state index in [1.165, 1.54) is 31.3 Å². The van der Waals surface area contributed by atoms with Gasteiger partial charge in [0.1, 0.15) is 17.4 Å². The first-order valence-electron chi connectivity index (χ1n) is 8.15. The van der Waals surface area contributed by atoms with Crippen LogP contribution in [0.15, 0.2) is 71.6 Å². The van der Waals surface area contributed by atoms with E-state index in [4.69, 9.17) is 4.74 Å². The van der Waals surface area contributed by atoms with Crippen LogP contribution in [0.2, 0.25) is 0 Å². The number of ether oxygens (including phenoxy) is 1. The normalized spacial score (nSPS) is 11.1. The molecule has 0 bridgehead atoms. The van der Waals surface area contributed by atoms with Gasteiger partial charge in [-0.1, -0.05) is 0 Å². The van der Waals surface area contributed by atoms with Crippen LogP contribution in [0.5, 0.6) is 11.5 Å². The fourth-order valence-electron chi connectivity index (χ4n) is 2.47. The summed E-state index contributed by atoms with van der Waals surface area (Å²) in [5, 5.41) is 11.0. The number of rotatable bonds is 6. The van der Waals surface area contributed by atoms with Gasteiger partial charge in [-0.05, 0) is 60.7 Å². The van der Waals surface area contributed by atoms with Gasteiger partial charge >= 0.3 is 5.69 Å². The van der Waals surface area contributed by atoms with E-state index in [0.29, 0.717) is 0 Å². The van der Waals surface area contributed by atoms with Crippen LogP contribution in [0, 0.1) is 21.7 Å². The Kier molecular flexibility index (Phi) is 5.46. The maximum Gasteiger partial charge on any atom is 0.314 e. The van der Waals surface area contributed by atoms with Gasteiger partial charge in [0, 0.05) is 7.05 Å². The molecule has 0 amide bonds. The van der Waals surface area contributed by atoms with E-state index in [1.54, 1.807) is 0 Å². The van der Waals surface area contributed by atoms with E-state index in [2.05, 4.69) is 0 Å². The number of hydrogen-bond donors (Lipinski definition) is 0. The van der Waals surface area contributed by atoms with E-state index < -0.39 is 32.3 Å². The first-order valence-corrected chi connectivity index (χ1v) is 9.59. The highest BCUT2D eigenvalue weighted by molar-refractivity contribution is 7.92. The molecule has 10 heteroatoms. The van der Waals surface area contributed by atoms with Gasteiger partial charge in [-0.3, -0.25) is 14.4 Å². The number of halogens is 2. The monoisotopic (exact) mass is 420 g/mol. The summed E-state index contributed by atoms with van der Waals surface area (Å²) >= 11 is 0. The summed E-state index contributed by atoms with van der Waals surface area (Å²) in [6, 6.07) is 13.0. The number of benzene rings is 3. The molecule has 0 unspecified atom stereocenters. The number of hydrogen-bond acceptors (Lipinski definition) is 5. The predicted octanol–water partition coefficient (Wildman–Crippen LogP) is 4.49. The second kappa shape index (κ2) is 7.84. The van der Waals surface area contributed by atoms with Gasteiger partial charge in [0.05, 0.1) is 21.6 Å². The van der Waals surface area contributed by atoms with E-state index in [1.807, 2.05) is 0 Å². The summed E-state index contributed by atoms with van der Waals surface area (Å²) in [7, 11) is -2.58. The van der Waals surface area contributed by atoms with Crippen molar-refractivity contribution in [2.45, 2.75) is 4.90 Å². The first kappa shape index (κ1) is 20.2. The smallest absolute Gasteiger partial charge is 0.314 e. The van der Waals surface area contributed by atoms with Gasteiger partial charge in [0.25, 0.3) is 10.0 Å². The lowest BCUT2D eigenvalue weighted by Crippen LogP contribution is -2.26. The highest BCUT2D eigenvalue weighted by Crippen LogP contribution is 2.33. The standard InChI is InChI=1S/C19H14F2N2O5S/c1-22(29(26,27)17-9-2-13(20)3-10-17)15-5-7-16(8-6-15)28-19-11-4-14(21)12-18(19)23(24)25/h2-12H,1H3. The Morgan fingerprint density at radius 1 is 0.931 bits per heavy atom. The SMILES string of the molecule is CN(c1ccc(Oc2ccc(F)cc2[N+](=O)[O-])cc1)S(=O)(=O)c1ccc(F)cc1. The van der Waals surface area contributed by atoms with Gasteiger partial charge in [-0.2, -0.15) is 0 Å². The van der Waals surface area contributed by atoms with Crippen molar-refractivity contribution < 1.29 is 26.9 Å². The molecule has 3 aromatic carbocycles. The van der Waals surface area contributed by atoms with Crippen molar-refractivity contribution in [2.75, 3.05) is 11.4 Å². The summed E-state index contributed by atoms with van der Waals surface area (Å²) in [6.07, 6.45) is 0. The van der Waals surface area contributed by atoms with Crippen molar-refractivity contribution in [3.63, 3.8) is 0 Å². The highest BCUT2D eigenvalue weighted by Gasteiger charge is 2.22. The molecule has 0 saturated heterocycles. The Hall–Kier alpha value is -3.53. The molecular weight excluding hydrogens is 406 g/mol. The van der Waals surface area contributed by atoms with Crippen LogP contribution < -0.4 is 9.04 Å². The summed E-state index contributed by atoms with van der Waals surface area (Å²) in [4.78, 5) is 10.2.